The molecule has 1 aliphatic rings. The Bertz CT molecular complexity index is 287. The van der Waals surface area contributed by atoms with Crippen LogP contribution in [0.25, 0.3) is 0 Å². The number of hydrogen-bond donors (Lipinski definition) is 2. The highest BCUT2D eigenvalue weighted by Gasteiger charge is 2.19. The molecule has 0 fully saturated rings. The van der Waals surface area contributed by atoms with Crippen LogP contribution in [0.4, 0.5) is 0 Å². The van der Waals surface area contributed by atoms with Gasteiger partial charge in [0.1, 0.15) is 12.4 Å². The Morgan fingerprint density at radius 1 is 1.55 bits per heavy atom. The Hall–Kier alpha value is -0.670. The molecule has 0 unspecified atom stereocenters. The molecule has 0 aliphatic carbocycles. The molecule has 58 valence electrons. The Kier molecular flexibility index (Phi) is 1.55. The van der Waals surface area contributed by atoms with E-state index in [2.05, 4.69) is 12.6 Å². The van der Waals surface area contributed by atoms with Crippen molar-refractivity contribution in [1.29, 1.82) is 0 Å². The summed E-state index contributed by atoms with van der Waals surface area (Å²) in [6.45, 7) is 0.590. The SMILES string of the molecule is N[C@H]1COc2ccc(S)cc21. The molecule has 0 aromatic heterocycles. The first-order valence-electron chi connectivity index (χ1n) is 3.48. The van der Waals surface area contributed by atoms with Gasteiger partial charge in [0.05, 0.1) is 6.04 Å². The van der Waals surface area contributed by atoms with Crippen molar-refractivity contribution in [1.82, 2.24) is 0 Å². The summed E-state index contributed by atoms with van der Waals surface area (Å²) in [7, 11) is 0. The average Bonchev–Trinajstić information content (AvgIpc) is 2.33. The van der Waals surface area contributed by atoms with E-state index < -0.39 is 0 Å². The lowest BCUT2D eigenvalue weighted by atomic mass is 10.1. The molecule has 0 radical (unpaired) electrons. The zero-order chi connectivity index (χ0) is 7.84. The van der Waals surface area contributed by atoms with Crippen LogP contribution in [0, 0.1) is 0 Å². The second-order valence-electron chi connectivity index (χ2n) is 2.64. The highest BCUT2D eigenvalue weighted by atomic mass is 32.1. The average molecular weight is 167 g/mol. The smallest absolute Gasteiger partial charge is 0.124 e. The van der Waals surface area contributed by atoms with Crippen molar-refractivity contribution < 1.29 is 4.74 Å². The molecule has 1 atom stereocenters. The van der Waals surface area contributed by atoms with Crippen LogP contribution in [0.15, 0.2) is 23.1 Å². The quantitative estimate of drug-likeness (QED) is 0.572. The normalized spacial score (nSPS) is 21.1. The molecule has 1 aromatic carbocycles. The third-order valence-electron chi connectivity index (χ3n) is 1.81. The fraction of sp³-hybridized carbons (Fsp3) is 0.250. The molecule has 1 aliphatic heterocycles. The van der Waals surface area contributed by atoms with Crippen molar-refractivity contribution in [3.8, 4) is 5.75 Å². The van der Waals surface area contributed by atoms with E-state index in [9.17, 15) is 0 Å². The number of benzene rings is 1. The van der Waals surface area contributed by atoms with Crippen LogP contribution in [-0.2, 0) is 0 Å². The third-order valence-corrected chi connectivity index (χ3v) is 2.09. The van der Waals surface area contributed by atoms with Gasteiger partial charge >= 0.3 is 0 Å². The van der Waals surface area contributed by atoms with Crippen molar-refractivity contribution in [2.24, 2.45) is 5.73 Å². The standard InChI is InChI=1S/C8H9NOS/c9-7-4-10-8-2-1-5(11)3-6(7)8/h1-3,7,11H,4,9H2/t7-/m0/s1. The van der Waals surface area contributed by atoms with Gasteiger partial charge in [-0.05, 0) is 18.2 Å². The van der Waals surface area contributed by atoms with E-state index in [1.54, 1.807) is 0 Å². The number of rotatable bonds is 0. The summed E-state index contributed by atoms with van der Waals surface area (Å²) in [5.74, 6) is 0.898. The topological polar surface area (TPSA) is 35.2 Å². The maximum absolute atomic E-state index is 5.76. The lowest BCUT2D eigenvalue weighted by Gasteiger charge is -2.00. The number of hydrogen-bond acceptors (Lipinski definition) is 3. The summed E-state index contributed by atoms with van der Waals surface area (Å²) in [4.78, 5) is 0.935. The van der Waals surface area contributed by atoms with E-state index >= 15 is 0 Å². The second-order valence-corrected chi connectivity index (χ2v) is 3.16. The molecule has 1 aromatic rings. The summed E-state index contributed by atoms with van der Waals surface area (Å²) in [5.41, 5.74) is 6.82. The predicted octanol–water partition coefficient (Wildman–Crippen LogP) is 1.37. The first kappa shape index (κ1) is 7.00. The molecule has 1 heterocycles. The van der Waals surface area contributed by atoms with Crippen LogP contribution in [0.3, 0.4) is 0 Å². The minimum Gasteiger partial charge on any atom is -0.491 e. The summed E-state index contributed by atoms with van der Waals surface area (Å²) < 4.78 is 5.31. The van der Waals surface area contributed by atoms with E-state index in [-0.39, 0.29) is 6.04 Å². The van der Waals surface area contributed by atoms with Crippen LogP contribution < -0.4 is 10.5 Å². The number of ether oxygens (including phenoxy) is 1. The van der Waals surface area contributed by atoms with Crippen molar-refractivity contribution in [3.05, 3.63) is 23.8 Å². The third kappa shape index (κ3) is 1.10. The minimum atomic E-state index is 0.0251. The lowest BCUT2D eigenvalue weighted by molar-refractivity contribution is 0.333. The van der Waals surface area contributed by atoms with Crippen LogP contribution in [0.2, 0.25) is 0 Å². The van der Waals surface area contributed by atoms with E-state index in [0.29, 0.717) is 6.61 Å². The largest absolute Gasteiger partial charge is 0.491 e. The van der Waals surface area contributed by atoms with Crippen molar-refractivity contribution in [2.75, 3.05) is 6.61 Å². The maximum atomic E-state index is 5.76. The number of fused-ring (bicyclic) bond motifs is 1. The van der Waals surface area contributed by atoms with Crippen LogP contribution in [-0.4, -0.2) is 6.61 Å². The zero-order valence-corrected chi connectivity index (χ0v) is 6.84. The molecule has 3 heteroatoms. The molecule has 0 saturated carbocycles. The van der Waals surface area contributed by atoms with Crippen molar-refractivity contribution >= 4 is 12.6 Å². The van der Waals surface area contributed by atoms with Gasteiger partial charge in [-0.3, -0.25) is 0 Å². The van der Waals surface area contributed by atoms with Gasteiger partial charge in [0, 0.05) is 10.5 Å². The summed E-state index contributed by atoms with van der Waals surface area (Å²) in [6.07, 6.45) is 0. The van der Waals surface area contributed by atoms with E-state index in [1.807, 2.05) is 18.2 Å². The fourth-order valence-electron chi connectivity index (χ4n) is 1.23. The molecule has 2 nitrogen and oxygen atoms in total. The first-order valence-corrected chi connectivity index (χ1v) is 3.93. The van der Waals surface area contributed by atoms with Gasteiger partial charge in [0.15, 0.2) is 0 Å². The van der Waals surface area contributed by atoms with Crippen molar-refractivity contribution in [3.63, 3.8) is 0 Å². The van der Waals surface area contributed by atoms with Gasteiger partial charge in [-0.1, -0.05) is 0 Å². The molecule has 0 bridgehead atoms. The van der Waals surface area contributed by atoms with Gasteiger partial charge < -0.3 is 10.5 Å². The second kappa shape index (κ2) is 2.43. The Balaban J connectivity index is 2.52. The summed E-state index contributed by atoms with van der Waals surface area (Å²) in [6, 6.07) is 5.79. The molecule has 2 N–H and O–H groups in total. The molecular formula is C8H9NOS. The van der Waals surface area contributed by atoms with Gasteiger partial charge in [0.25, 0.3) is 0 Å². The minimum absolute atomic E-state index is 0.0251. The van der Waals surface area contributed by atoms with Gasteiger partial charge in [0.2, 0.25) is 0 Å². The van der Waals surface area contributed by atoms with E-state index in [1.165, 1.54) is 0 Å². The van der Waals surface area contributed by atoms with Gasteiger partial charge in [-0.2, -0.15) is 0 Å². The molecular weight excluding hydrogens is 158 g/mol. The summed E-state index contributed by atoms with van der Waals surface area (Å²) >= 11 is 4.21. The summed E-state index contributed by atoms with van der Waals surface area (Å²) in [5, 5.41) is 0. The number of thiol groups is 1. The van der Waals surface area contributed by atoms with Crippen LogP contribution in [0.5, 0.6) is 5.75 Å². The highest BCUT2D eigenvalue weighted by Crippen LogP contribution is 2.31. The molecule has 0 spiro atoms. The lowest BCUT2D eigenvalue weighted by Crippen LogP contribution is -2.10. The Morgan fingerprint density at radius 3 is 3.18 bits per heavy atom. The zero-order valence-electron chi connectivity index (χ0n) is 5.95. The fourth-order valence-corrected chi connectivity index (χ4v) is 1.44. The highest BCUT2D eigenvalue weighted by molar-refractivity contribution is 7.80. The Labute approximate surface area is 70.8 Å². The molecule has 11 heavy (non-hydrogen) atoms. The predicted molar refractivity (Wildman–Crippen MR) is 46.1 cm³/mol. The molecule has 2 rings (SSSR count). The molecule has 0 amide bonds. The van der Waals surface area contributed by atoms with Crippen molar-refractivity contribution in [2.45, 2.75) is 10.9 Å². The van der Waals surface area contributed by atoms with Gasteiger partial charge in [-0.25, -0.2) is 0 Å². The van der Waals surface area contributed by atoms with Crippen LogP contribution in [0.1, 0.15) is 11.6 Å². The number of nitrogens with two attached hydrogens (primary N) is 1. The van der Waals surface area contributed by atoms with E-state index in [0.717, 1.165) is 16.2 Å². The molecule has 0 saturated heterocycles. The monoisotopic (exact) mass is 167 g/mol. The Morgan fingerprint density at radius 2 is 2.36 bits per heavy atom. The van der Waals surface area contributed by atoms with Crippen LogP contribution >= 0.6 is 12.6 Å². The van der Waals surface area contributed by atoms with Gasteiger partial charge in [-0.15, -0.1) is 12.6 Å². The first-order chi connectivity index (χ1) is 5.27. The maximum Gasteiger partial charge on any atom is 0.124 e. The van der Waals surface area contributed by atoms with E-state index in [4.69, 9.17) is 10.5 Å².